The zero-order chi connectivity index (χ0) is 26.1. The number of nitrogens with one attached hydrogen (secondary N) is 2. The second kappa shape index (κ2) is 12.8. The molecule has 0 aliphatic carbocycles. The lowest BCUT2D eigenvalue weighted by atomic mass is 10.0. The number of amides is 4. The summed E-state index contributed by atoms with van der Waals surface area (Å²) in [4.78, 5) is 62.6. The highest BCUT2D eigenvalue weighted by atomic mass is 16.4. The smallest absolute Gasteiger partial charge is 0.328 e. The van der Waals surface area contributed by atoms with Gasteiger partial charge in [0.2, 0.25) is 23.6 Å². The average molecular weight is 492 g/mol. The monoisotopic (exact) mass is 491 g/mol. The molecule has 0 saturated carbocycles. The SMILES string of the molecule is CC(O)C(NC(=O)C1CCCN1C(=O)C(Cc1ccccc1)NC(=O)C(N)CCC(N)=O)C(=O)O. The highest BCUT2D eigenvalue weighted by Gasteiger charge is 2.39. The average Bonchev–Trinajstić information content (AvgIpc) is 3.30. The van der Waals surface area contributed by atoms with E-state index in [-0.39, 0.29) is 25.8 Å². The quantitative estimate of drug-likeness (QED) is 0.197. The highest BCUT2D eigenvalue weighted by molar-refractivity contribution is 5.94. The molecule has 1 aromatic rings. The molecule has 1 fully saturated rings. The standard InChI is InChI=1S/C23H33N5O7/c1-13(29)19(23(34)35)27-21(32)17-8-5-11-28(17)22(33)16(12-14-6-3-2-4-7-14)26-20(31)15(24)9-10-18(25)30/h2-4,6-7,13,15-17,19,29H,5,8-12,24H2,1H3,(H2,25,30)(H,26,31)(H,27,32)(H,34,35). The van der Waals surface area contributed by atoms with Gasteiger partial charge in [-0.3, -0.25) is 19.2 Å². The first-order valence-electron chi connectivity index (χ1n) is 11.4. The van der Waals surface area contributed by atoms with Crippen LogP contribution in [0.5, 0.6) is 0 Å². The number of aliphatic carboxylic acids is 1. The molecule has 4 amide bonds. The minimum Gasteiger partial charge on any atom is -0.480 e. The minimum atomic E-state index is -1.52. The summed E-state index contributed by atoms with van der Waals surface area (Å²) in [5.41, 5.74) is 11.7. The van der Waals surface area contributed by atoms with Crippen LogP contribution in [-0.4, -0.2) is 81.5 Å². The van der Waals surface area contributed by atoms with Crippen molar-refractivity contribution in [2.45, 2.75) is 69.3 Å². The van der Waals surface area contributed by atoms with Crippen molar-refractivity contribution in [1.29, 1.82) is 0 Å². The maximum Gasteiger partial charge on any atom is 0.328 e. The minimum absolute atomic E-state index is 0.0120. The number of carboxylic acid groups (broad SMARTS) is 1. The summed E-state index contributed by atoms with van der Waals surface area (Å²) < 4.78 is 0. The maximum absolute atomic E-state index is 13.5. The zero-order valence-electron chi connectivity index (χ0n) is 19.6. The van der Waals surface area contributed by atoms with Gasteiger partial charge in [0.25, 0.3) is 0 Å². The third-order valence-corrected chi connectivity index (χ3v) is 5.82. The third kappa shape index (κ3) is 8.04. The van der Waals surface area contributed by atoms with Crippen molar-refractivity contribution in [2.75, 3.05) is 6.54 Å². The van der Waals surface area contributed by atoms with E-state index in [9.17, 15) is 34.2 Å². The van der Waals surface area contributed by atoms with Crippen molar-refractivity contribution >= 4 is 29.6 Å². The summed E-state index contributed by atoms with van der Waals surface area (Å²) in [5, 5.41) is 23.8. The van der Waals surface area contributed by atoms with E-state index in [0.29, 0.717) is 12.8 Å². The summed E-state index contributed by atoms with van der Waals surface area (Å²) in [6.07, 6.45) is -0.487. The summed E-state index contributed by atoms with van der Waals surface area (Å²) in [6.45, 7) is 1.47. The van der Waals surface area contributed by atoms with Gasteiger partial charge >= 0.3 is 5.97 Å². The van der Waals surface area contributed by atoms with Crippen molar-refractivity contribution < 1.29 is 34.2 Å². The number of aliphatic hydroxyl groups excluding tert-OH is 1. The number of likely N-dealkylation sites (tertiary alicyclic amines) is 1. The number of nitrogens with zero attached hydrogens (tertiary/aromatic N) is 1. The molecule has 1 heterocycles. The molecule has 1 aliphatic rings. The number of primary amides is 1. The van der Waals surface area contributed by atoms with Crippen molar-refractivity contribution in [3.63, 3.8) is 0 Å². The van der Waals surface area contributed by atoms with Gasteiger partial charge in [-0.1, -0.05) is 30.3 Å². The Kier molecular flexibility index (Phi) is 10.2. The number of hydrogen-bond acceptors (Lipinski definition) is 7. The van der Waals surface area contributed by atoms with Gasteiger partial charge in [0.05, 0.1) is 12.1 Å². The summed E-state index contributed by atoms with van der Waals surface area (Å²) in [6, 6.07) is 4.35. The molecule has 12 nitrogen and oxygen atoms in total. The van der Waals surface area contributed by atoms with Gasteiger partial charge < -0.3 is 37.2 Å². The molecule has 2 rings (SSSR count). The molecular formula is C23H33N5O7. The molecule has 0 bridgehead atoms. The Balaban J connectivity index is 2.20. The lowest BCUT2D eigenvalue weighted by Gasteiger charge is -2.30. The molecule has 35 heavy (non-hydrogen) atoms. The molecule has 0 aromatic heterocycles. The van der Waals surface area contributed by atoms with E-state index in [1.165, 1.54) is 11.8 Å². The fourth-order valence-corrected chi connectivity index (χ4v) is 3.90. The van der Waals surface area contributed by atoms with Crippen LogP contribution in [0.15, 0.2) is 30.3 Å². The molecular weight excluding hydrogens is 458 g/mol. The normalized spacial score (nSPS) is 18.7. The second-order valence-electron chi connectivity index (χ2n) is 8.62. The van der Waals surface area contributed by atoms with E-state index in [0.717, 1.165) is 5.56 Å². The zero-order valence-corrected chi connectivity index (χ0v) is 19.6. The Bertz CT molecular complexity index is 924. The van der Waals surface area contributed by atoms with Gasteiger partial charge in [0.15, 0.2) is 6.04 Å². The Morgan fingerprint density at radius 3 is 2.37 bits per heavy atom. The highest BCUT2D eigenvalue weighted by Crippen LogP contribution is 2.20. The molecule has 1 aliphatic heterocycles. The lowest BCUT2D eigenvalue weighted by molar-refractivity contribution is -0.147. The lowest BCUT2D eigenvalue weighted by Crippen LogP contribution is -2.58. The molecule has 1 aromatic carbocycles. The number of nitrogens with two attached hydrogens (primary N) is 2. The van der Waals surface area contributed by atoms with E-state index in [1.807, 2.05) is 0 Å². The summed E-state index contributed by atoms with van der Waals surface area (Å²) in [7, 11) is 0. The molecule has 5 unspecified atom stereocenters. The van der Waals surface area contributed by atoms with Crippen LogP contribution in [0.4, 0.5) is 0 Å². The Morgan fingerprint density at radius 2 is 1.80 bits per heavy atom. The van der Waals surface area contributed by atoms with Gasteiger partial charge in [0, 0.05) is 19.4 Å². The molecule has 5 atom stereocenters. The maximum atomic E-state index is 13.5. The van der Waals surface area contributed by atoms with Gasteiger partial charge in [-0.2, -0.15) is 0 Å². The van der Waals surface area contributed by atoms with E-state index in [4.69, 9.17) is 11.5 Å². The Labute approximate surface area is 203 Å². The number of rotatable bonds is 12. The summed E-state index contributed by atoms with van der Waals surface area (Å²) in [5.74, 6) is -3.87. The van der Waals surface area contributed by atoms with Crippen LogP contribution in [0.1, 0.15) is 38.2 Å². The van der Waals surface area contributed by atoms with E-state index < -0.39 is 59.9 Å². The predicted molar refractivity (Wildman–Crippen MR) is 124 cm³/mol. The predicted octanol–water partition coefficient (Wildman–Crippen LogP) is -1.75. The second-order valence-corrected chi connectivity index (χ2v) is 8.62. The van der Waals surface area contributed by atoms with Crippen LogP contribution < -0.4 is 22.1 Å². The number of aliphatic hydroxyl groups is 1. The number of carbonyl (C=O) groups is 5. The van der Waals surface area contributed by atoms with Crippen LogP contribution in [0, 0.1) is 0 Å². The Hall–Kier alpha value is -3.51. The molecule has 8 N–H and O–H groups in total. The van der Waals surface area contributed by atoms with Crippen molar-refractivity contribution in [2.24, 2.45) is 11.5 Å². The van der Waals surface area contributed by atoms with Crippen molar-refractivity contribution in [3.8, 4) is 0 Å². The first-order valence-corrected chi connectivity index (χ1v) is 11.4. The van der Waals surface area contributed by atoms with Gasteiger partial charge in [-0.25, -0.2) is 4.79 Å². The van der Waals surface area contributed by atoms with Crippen LogP contribution in [0.25, 0.3) is 0 Å². The van der Waals surface area contributed by atoms with Crippen LogP contribution in [-0.2, 0) is 30.4 Å². The molecule has 192 valence electrons. The van der Waals surface area contributed by atoms with Gasteiger partial charge in [-0.15, -0.1) is 0 Å². The molecule has 1 saturated heterocycles. The number of hydrogen-bond donors (Lipinski definition) is 6. The third-order valence-electron chi connectivity index (χ3n) is 5.82. The molecule has 12 heteroatoms. The van der Waals surface area contributed by atoms with Crippen LogP contribution in [0.2, 0.25) is 0 Å². The number of carboxylic acids is 1. The fourth-order valence-electron chi connectivity index (χ4n) is 3.90. The van der Waals surface area contributed by atoms with Crippen molar-refractivity contribution in [1.82, 2.24) is 15.5 Å². The van der Waals surface area contributed by atoms with E-state index >= 15 is 0 Å². The number of carbonyl (C=O) groups excluding carboxylic acids is 4. The largest absolute Gasteiger partial charge is 0.480 e. The summed E-state index contributed by atoms with van der Waals surface area (Å²) >= 11 is 0. The first kappa shape index (κ1) is 27.7. The van der Waals surface area contributed by atoms with Crippen LogP contribution >= 0.6 is 0 Å². The van der Waals surface area contributed by atoms with Crippen LogP contribution in [0.3, 0.4) is 0 Å². The van der Waals surface area contributed by atoms with E-state index in [2.05, 4.69) is 10.6 Å². The number of benzene rings is 1. The first-order chi connectivity index (χ1) is 16.5. The molecule has 0 spiro atoms. The van der Waals surface area contributed by atoms with Gasteiger partial charge in [-0.05, 0) is 31.7 Å². The van der Waals surface area contributed by atoms with Crippen molar-refractivity contribution in [3.05, 3.63) is 35.9 Å². The topological polar surface area (TPSA) is 205 Å². The molecule has 0 radical (unpaired) electrons. The fraction of sp³-hybridized carbons (Fsp3) is 0.522. The van der Waals surface area contributed by atoms with Gasteiger partial charge in [0.1, 0.15) is 12.1 Å². The van der Waals surface area contributed by atoms with E-state index in [1.54, 1.807) is 30.3 Å². The Morgan fingerprint density at radius 1 is 1.14 bits per heavy atom.